The SMILES string of the molecule is CN1C(=O)CC(CCN2CCCCC2)(C2CCCCC2)C1=O. The Labute approximate surface area is 134 Å². The third kappa shape index (κ3) is 2.94. The van der Waals surface area contributed by atoms with Crippen molar-refractivity contribution in [2.24, 2.45) is 11.3 Å². The number of likely N-dealkylation sites (tertiary alicyclic amines) is 2. The lowest BCUT2D eigenvalue weighted by Gasteiger charge is -2.39. The van der Waals surface area contributed by atoms with Gasteiger partial charge in [-0.2, -0.15) is 0 Å². The number of imide groups is 1. The molecule has 1 saturated carbocycles. The van der Waals surface area contributed by atoms with Crippen LogP contribution in [0.3, 0.4) is 0 Å². The third-order valence-electron chi connectivity index (χ3n) is 6.28. The quantitative estimate of drug-likeness (QED) is 0.750. The number of hydrogen-bond donors (Lipinski definition) is 0. The Morgan fingerprint density at radius 1 is 1.00 bits per heavy atom. The molecule has 4 nitrogen and oxygen atoms in total. The summed E-state index contributed by atoms with van der Waals surface area (Å²) in [5, 5.41) is 0. The van der Waals surface area contributed by atoms with Crippen LogP contribution in [-0.2, 0) is 9.59 Å². The molecular formula is C18H30N2O2. The number of piperidine rings is 1. The summed E-state index contributed by atoms with van der Waals surface area (Å²) < 4.78 is 0. The topological polar surface area (TPSA) is 40.6 Å². The second-order valence-corrected chi connectivity index (χ2v) is 7.58. The van der Waals surface area contributed by atoms with Gasteiger partial charge in [0, 0.05) is 13.5 Å². The molecule has 2 saturated heterocycles. The Morgan fingerprint density at radius 3 is 2.23 bits per heavy atom. The fourth-order valence-corrected chi connectivity index (χ4v) is 4.83. The molecule has 0 radical (unpaired) electrons. The van der Waals surface area contributed by atoms with Gasteiger partial charge in [-0.25, -0.2) is 0 Å². The van der Waals surface area contributed by atoms with Crippen molar-refractivity contribution >= 4 is 11.8 Å². The fraction of sp³-hybridized carbons (Fsp3) is 0.889. The van der Waals surface area contributed by atoms with Crippen molar-refractivity contribution in [3.63, 3.8) is 0 Å². The van der Waals surface area contributed by atoms with Crippen LogP contribution in [0, 0.1) is 11.3 Å². The zero-order valence-electron chi connectivity index (χ0n) is 14.0. The zero-order chi connectivity index (χ0) is 15.6. The van der Waals surface area contributed by atoms with Crippen LogP contribution in [0.4, 0.5) is 0 Å². The van der Waals surface area contributed by atoms with Gasteiger partial charge in [0.05, 0.1) is 5.41 Å². The predicted octanol–water partition coefficient (Wildman–Crippen LogP) is 2.82. The first kappa shape index (κ1) is 16.0. The highest BCUT2D eigenvalue weighted by molar-refractivity contribution is 6.05. The smallest absolute Gasteiger partial charge is 0.235 e. The number of rotatable bonds is 4. The van der Waals surface area contributed by atoms with Crippen molar-refractivity contribution in [3.05, 3.63) is 0 Å². The minimum atomic E-state index is -0.385. The molecule has 2 amide bonds. The number of carbonyl (C=O) groups excluding carboxylic acids is 2. The molecule has 2 heterocycles. The van der Waals surface area contributed by atoms with Gasteiger partial charge >= 0.3 is 0 Å². The highest BCUT2D eigenvalue weighted by Crippen LogP contribution is 2.48. The maximum absolute atomic E-state index is 12.9. The fourth-order valence-electron chi connectivity index (χ4n) is 4.83. The molecule has 124 valence electrons. The minimum Gasteiger partial charge on any atom is -0.303 e. The first-order chi connectivity index (χ1) is 10.6. The van der Waals surface area contributed by atoms with Gasteiger partial charge in [-0.1, -0.05) is 25.7 Å². The van der Waals surface area contributed by atoms with Crippen molar-refractivity contribution in [1.82, 2.24) is 9.80 Å². The van der Waals surface area contributed by atoms with Crippen LogP contribution in [0.5, 0.6) is 0 Å². The molecule has 0 aromatic carbocycles. The van der Waals surface area contributed by atoms with Crippen molar-refractivity contribution in [1.29, 1.82) is 0 Å². The number of carbonyl (C=O) groups is 2. The molecule has 22 heavy (non-hydrogen) atoms. The van der Waals surface area contributed by atoms with E-state index in [9.17, 15) is 9.59 Å². The van der Waals surface area contributed by atoms with E-state index >= 15 is 0 Å². The van der Waals surface area contributed by atoms with Crippen molar-refractivity contribution < 1.29 is 9.59 Å². The second kappa shape index (κ2) is 6.69. The van der Waals surface area contributed by atoms with Gasteiger partial charge in [-0.05, 0) is 57.7 Å². The summed E-state index contributed by atoms with van der Waals surface area (Å²) in [6.07, 6.45) is 11.2. The summed E-state index contributed by atoms with van der Waals surface area (Å²) >= 11 is 0. The van der Waals surface area contributed by atoms with Crippen molar-refractivity contribution in [2.45, 2.75) is 64.2 Å². The van der Waals surface area contributed by atoms with E-state index in [1.165, 1.54) is 56.5 Å². The highest BCUT2D eigenvalue weighted by Gasteiger charge is 2.54. The molecule has 3 aliphatic rings. The average molecular weight is 306 g/mol. The molecule has 0 N–H and O–H groups in total. The molecule has 0 bridgehead atoms. The van der Waals surface area contributed by atoms with Crippen LogP contribution in [0.1, 0.15) is 64.2 Å². The molecule has 1 unspecified atom stereocenters. The van der Waals surface area contributed by atoms with Crippen molar-refractivity contribution in [2.75, 3.05) is 26.7 Å². The van der Waals surface area contributed by atoms with E-state index in [1.54, 1.807) is 7.05 Å². The highest BCUT2D eigenvalue weighted by atomic mass is 16.2. The third-order valence-corrected chi connectivity index (χ3v) is 6.28. The molecule has 0 aromatic rings. The van der Waals surface area contributed by atoms with Gasteiger partial charge in [-0.3, -0.25) is 14.5 Å². The maximum atomic E-state index is 12.9. The van der Waals surface area contributed by atoms with Crippen LogP contribution < -0.4 is 0 Å². The zero-order valence-corrected chi connectivity index (χ0v) is 14.0. The van der Waals surface area contributed by atoms with E-state index in [1.807, 2.05) is 0 Å². The molecular weight excluding hydrogens is 276 g/mol. The first-order valence-electron chi connectivity index (χ1n) is 9.17. The first-order valence-corrected chi connectivity index (χ1v) is 9.17. The summed E-state index contributed by atoms with van der Waals surface area (Å²) in [5.74, 6) is 0.572. The maximum Gasteiger partial charge on any atom is 0.235 e. The van der Waals surface area contributed by atoms with Gasteiger partial charge < -0.3 is 4.90 Å². The Kier molecular flexibility index (Phi) is 4.86. The van der Waals surface area contributed by atoms with Crippen LogP contribution >= 0.6 is 0 Å². The van der Waals surface area contributed by atoms with Gasteiger partial charge in [0.1, 0.15) is 0 Å². The number of hydrogen-bond acceptors (Lipinski definition) is 3. The van der Waals surface area contributed by atoms with Crippen LogP contribution in [0.15, 0.2) is 0 Å². The second-order valence-electron chi connectivity index (χ2n) is 7.58. The van der Waals surface area contributed by atoms with Gasteiger partial charge in [0.2, 0.25) is 11.8 Å². The van der Waals surface area contributed by atoms with Crippen LogP contribution in [0.2, 0.25) is 0 Å². The minimum absolute atomic E-state index is 0.0363. The Balaban J connectivity index is 1.73. The van der Waals surface area contributed by atoms with E-state index in [2.05, 4.69) is 4.90 Å². The number of amides is 2. The summed E-state index contributed by atoms with van der Waals surface area (Å²) in [6.45, 7) is 3.32. The lowest BCUT2D eigenvalue weighted by atomic mass is 9.65. The normalized spacial score (nSPS) is 32.0. The lowest BCUT2D eigenvalue weighted by Crippen LogP contribution is -2.43. The molecule has 1 aliphatic carbocycles. The monoisotopic (exact) mass is 306 g/mol. The molecule has 3 rings (SSSR count). The summed E-state index contributed by atoms with van der Waals surface area (Å²) in [5.41, 5.74) is -0.385. The van der Waals surface area contributed by atoms with Gasteiger partial charge in [0.25, 0.3) is 0 Å². The summed E-state index contributed by atoms with van der Waals surface area (Å²) in [6, 6.07) is 0. The molecule has 0 spiro atoms. The molecule has 2 aliphatic heterocycles. The lowest BCUT2D eigenvalue weighted by molar-refractivity contribution is -0.142. The van der Waals surface area contributed by atoms with E-state index in [-0.39, 0.29) is 17.2 Å². The Morgan fingerprint density at radius 2 is 1.64 bits per heavy atom. The summed E-state index contributed by atoms with van der Waals surface area (Å²) in [4.78, 5) is 29.0. The van der Waals surface area contributed by atoms with Crippen LogP contribution in [-0.4, -0.2) is 48.3 Å². The molecule has 0 aromatic heterocycles. The standard InChI is InChI=1S/C18H30N2O2/c1-19-16(21)14-18(17(19)22,15-8-4-2-5-9-15)10-13-20-11-6-3-7-12-20/h15H,2-14H2,1H3. The Hall–Kier alpha value is -0.900. The molecule has 3 fully saturated rings. The molecule has 4 heteroatoms. The van der Waals surface area contributed by atoms with Gasteiger partial charge in [0.15, 0.2) is 0 Å². The van der Waals surface area contributed by atoms with E-state index in [0.29, 0.717) is 12.3 Å². The summed E-state index contributed by atoms with van der Waals surface area (Å²) in [7, 11) is 1.68. The average Bonchev–Trinajstić information content (AvgIpc) is 2.80. The molecule has 1 atom stereocenters. The van der Waals surface area contributed by atoms with Gasteiger partial charge in [-0.15, -0.1) is 0 Å². The van der Waals surface area contributed by atoms with E-state index in [0.717, 1.165) is 25.8 Å². The number of nitrogens with zero attached hydrogens (tertiary/aromatic N) is 2. The Bertz CT molecular complexity index is 425. The van der Waals surface area contributed by atoms with E-state index < -0.39 is 0 Å². The van der Waals surface area contributed by atoms with Crippen LogP contribution in [0.25, 0.3) is 0 Å². The largest absolute Gasteiger partial charge is 0.303 e. The predicted molar refractivity (Wildman–Crippen MR) is 86.3 cm³/mol. The van der Waals surface area contributed by atoms with E-state index in [4.69, 9.17) is 0 Å². The van der Waals surface area contributed by atoms with Crippen molar-refractivity contribution in [3.8, 4) is 0 Å².